The minimum Gasteiger partial charge on any atom is -0.490 e. The van der Waals surface area contributed by atoms with Crippen molar-refractivity contribution in [3.05, 3.63) is 28.3 Å². The fourth-order valence-corrected chi connectivity index (χ4v) is 4.22. The Bertz CT molecular complexity index is 796. The normalized spacial score (nSPS) is 20.1. The SMILES string of the molecule is COc1ccc(S(=O)(=O)NCCC(=O)N[C@H]2CCCC[C@@H]2C)cc1[N+](=O)[O-]. The van der Waals surface area contributed by atoms with E-state index in [-0.39, 0.29) is 35.6 Å². The molecule has 1 saturated carbocycles. The first-order valence-electron chi connectivity index (χ1n) is 8.86. The molecule has 0 radical (unpaired) electrons. The summed E-state index contributed by atoms with van der Waals surface area (Å²) in [6.07, 6.45) is 4.27. The van der Waals surface area contributed by atoms with Crippen LogP contribution in [0.4, 0.5) is 5.69 Å². The van der Waals surface area contributed by atoms with Crippen LogP contribution in [-0.4, -0.2) is 38.9 Å². The van der Waals surface area contributed by atoms with Crippen LogP contribution >= 0.6 is 0 Å². The second-order valence-electron chi connectivity index (χ2n) is 6.67. The number of methoxy groups -OCH3 is 1. The van der Waals surface area contributed by atoms with Crippen LogP contribution in [0.2, 0.25) is 0 Å². The van der Waals surface area contributed by atoms with Gasteiger partial charge in [-0.15, -0.1) is 0 Å². The Balaban J connectivity index is 1.93. The Morgan fingerprint density at radius 3 is 2.67 bits per heavy atom. The van der Waals surface area contributed by atoms with Gasteiger partial charge in [0.15, 0.2) is 5.75 Å². The summed E-state index contributed by atoms with van der Waals surface area (Å²) in [5.41, 5.74) is -0.440. The standard InChI is InChI=1S/C17H25N3O6S/c1-12-5-3-4-6-14(12)19-17(21)9-10-18-27(24,25)13-7-8-16(26-2)15(11-13)20(22)23/h7-8,11-12,14,18H,3-6,9-10H2,1-2H3,(H,19,21)/t12-,14-/m0/s1. The smallest absolute Gasteiger partial charge is 0.312 e. The number of nitro benzene ring substituents is 1. The maximum absolute atomic E-state index is 12.3. The Morgan fingerprint density at radius 2 is 2.04 bits per heavy atom. The van der Waals surface area contributed by atoms with Crippen molar-refractivity contribution in [3.63, 3.8) is 0 Å². The fraction of sp³-hybridized carbons (Fsp3) is 0.588. The largest absolute Gasteiger partial charge is 0.490 e. The Kier molecular flexibility index (Phi) is 7.14. The summed E-state index contributed by atoms with van der Waals surface area (Å²) < 4.78 is 31.8. The summed E-state index contributed by atoms with van der Waals surface area (Å²) in [7, 11) is -2.71. The number of sulfonamides is 1. The zero-order chi connectivity index (χ0) is 20.0. The van der Waals surface area contributed by atoms with Crippen LogP contribution in [0.15, 0.2) is 23.1 Å². The third-order valence-corrected chi connectivity index (χ3v) is 6.22. The molecule has 0 aliphatic heterocycles. The number of carbonyl (C=O) groups excluding carboxylic acids is 1. The van der Waals surface area contributed by atoms with Crippen LogP contribution in [0.25, 0.3) is 0 Å². The van der Waals surface area contributed by atoms with E-state index in [0.29, 0.717) is 5.92 Å². The minimum absolute atomic E-state index is 0.000692. The molecule has 0 saturated heterocycles. The van der Waals surface area contributed by atoms with Crippen molar-refractivity contribution in [2.24, 2.45) is 5.92 Å². The second-order valence-corrected chi connectivity index (χ2v) is 8.44. The van der Waals surface area contributed by atoms with E-state index in [1.807, 2.05) is 0 Å². The molecular weight excluding hydrogens is 374 g/mol. The first kappa shape index (κ1) is 21.1. The molecule has 27 heavy (non-hydrogen) atoms. The maximum Gasteiger partial charge on any atom is 0.312 e. The van der Waals surface area contributed by atoms with E-state index in [9.17, 15) is 23.3 Å². The molecule has 0 unspecified atom stereocenters. The van der Waals surface area contributed by atoms with E-state index in [1.54, 1.807) is 0 Å². The van der Waals surface area contributed by atoms with E-state index < -0.39 is 20.6 Å². The monoisotopic (exact) mass is 399 g/mol. The lowest BCUT2D eigenvalue weighted by molar-refractivity contribution is -0.386. The summed E-state index contributed by atoms with van der Waals surface area (Å²) in [5, 5.41) is 14.0. The van der Waals surface area contributed by atoms with Gasteiger partial charge in [-0.3, -0.25) is 14.9 Å². The van der Waals surface area contributed by atoms with Crippen molar-refractivity contribution >= 4 is 21.6 Å². The quantitative estimate of drug-likeness (QED) is 0.508. The molecule has 2 atom stereocenters. The summed E-state index contributed by atoms with van der Waals surface area (Å²) in [5.74, 6) is 0.177. The molecule has 1 fully saturated rings. The molecule has 10 heteroatoms. The predicted octanol–water partition coefficient (Wildman–Crippen LogP) is 1.97. The summed E-state index contributed by atoms with van der Waals surface area (Å²) >= 11 is 0. The number of nitrogens with one attached hydrogen (secondary N) is 2. The molecule has 1 aromatic rings. The number of hydrogen-bond acceptors (Lipinski definition) is 6. The average Bonchev–Trinajstić information content (AvgIpc) is 2.62. The van der Waals surface area contributed by atoms with Crippen molar-refractivity contribution < 1.29 is 22.9 Å². The molecule has 0 heterocycles. The molecule has 9 nitrogen and oxygen atoms in total. The van der Waals surface area contributed by atoms with Gasteiger partial charge >= 0.3 is 5.69 Å². The molecule has 1 aromatic carbocycles. The predicted molar refractivity (Wildman–Crippen MR) is 99.0 cm³/mol. The molecule has 0 aromatic heterocycles. The van der Waals surface area contributed by atoms with Gasteiger partial charge in [0, 0.05) is 25.1 Å². The first-order valence-corrected chi connectivity index (χ1v) is 10.3. The van der Waals surface area contributed by atoms with Crippen molar-refractivity contribution in [3.8, 4) is 5.75 Å². The highest BCUT2D eigenvalue weighted by atomic mass is 32.2. The average molecular weight is 399 g/mol. The van der Waals surface area contributed by atoms with Crippen molar-refractivity contribution in [1.82, 2.24) is 10.0 Å². The Morgan fingerprint density at radius 1 is 1.33 bits per heavy atom. The number of rotatable bonds is 8. The molecule has 0 spiro atoms. The molecule has 2 N–H and O–H groups in total. The highest BCUT2D eigenvalue weighted by molar-refractivity contribution is 7.89. The second kappa shape index (κ2) is 9.14. The van der Waals surface area contributed by atoms with Gasteiger partial charge in [-0.2, -0.15) is 0 Å². The van der Waals surface area contributed by atoms with Gasteiger partial charge < -0.3 is 10.1 Å². The third-order valence-electron chi connectivity index (χ3n) is 4.76. The molecule has 150 valence electrons. The summed E-state index contributed by atoms with van der Waals surface area (Å²) in [6, 6.07) is 3.51. The number of amides is 1. The lowest BCUT2D eigenvalue weighted by Crippen LogP contribution is -2.42. The van der Waals surface area contributed by atoms with Gasteiger partial charge in [0.25, 0.3) is 0 Å². The lowest BCUT2D eigenvalue weighted by atomic mass is 9.86. The number of hydrogen-bond donors (Lipinski definition) is 2. The Hall–Kier alpha value is -2.20. The zero-order valence-electron chi connectivity index (χ0n) is 15.4. The van der Waals surface area contributed by atoms with E-state index in [4.69, 9.17) is 4.74 Å². The van der Waals surface area contributed by atoms with Crippen LogP contribution in [0.5, 0.6) is 5.75 Å². The van der Waals surface area contributed by atoms with E-state index in [2.05, 4.69) is 17.0 Å². The third kappa shape index (κ3) is 5.64. The number of benzene rings is 1. The fourth-order valence-electron chi connectivity index (χ4n) is 3.17. The van der Waals surface area contributed by atoms with Crippen LogP contribution in [0, 0.1) is 16.0 Å². The number of carbonyl (C=O) groups is 1. The van der Waals surface area contributed by atoms with Crippen LogP contribution in [0.3, 0.4) is 0 Å². The molecule has 1 amide bonds. The van der Waals surface area contributed by atoms with Crippen LogP contribution < -0.4 is 14.8 Å². The zero-order valence-corrected chi connectivity index (χ0v) is 16.3. The molecule has 1 aliphatic carbocycles. The molecule has 1 aliphatic rings. The Labute approximate surface area is 158 Å². The van der Waals surface area contributed by atoms with Gasteiger partial charge in [0.05, 0.1) is 16.9 Å². The molecule has 2 rings (SSSR count). The summed E-state index contributed by atoms with van der Waals surface area (Å²) in [4.78, 5) is 22.1. The van der Waals surface area contributed by atoms with Gasteiger partial charge in [0.1, 0.15) is 0 Å². The van der Waals surface area contributed by atoms with Crippen molar-refractivity contribution in [2.45, 2.75) is 50.0 Å². The number of nitro groups is 1. The first-order chi connectivity index (χ1) is 12.7. The highest BCUT2D eigenvalue weighted by Gasteiger charge is 2.24. The van der Waals surface area contributed by atoms with Crippen LogP contribution in [0.1, 0.15) is 39.0 Å². The van der Waals surface area contributed by atoms with E-state index >= 15 is 0 Å². The minimum atomic E-state index is -3.97. The molecular formula is C17H25N3O6S. The lowest BCUT2D eigenvalue weighted by Gasteiger charge is -2.29. The van der Waals surface area contributed by atoms with Gasteiger partial charge in [-0.25, -0.2) is 13.1 Å². The maximum atomic E-state index is 12.3. The summed E-state index contributed by atoms with van der Waals surface area (Å²) in [6.45, 7) is 2.01. The number of nitrogens with zero attached hydrogens (tertiary/aromatic N) is 1. The van der Waals surface area contributed by atoms with E-state index in [1.165, 1.54) is 25.7 Å². The van der Waals surface area contributed by atoms with Gasteiger partial charge in [0.2, 0.25) is 15.9 Å². The van der Waals surface area contributed by atoms with Crippen molar-refractivity contribution in [1.29, 1.82) is 0 Å². The topological polar surface area (TPSA) is 128 Å². The van der Waals surface area contributed by atoms with Gasteiger partial charge in [-0.1, -0.05) is 19.8 Å². The van der Waals surface area contributed by atoms with Crippen molar-refractivity contribution in [2.75, 3.05) is 13.7 Å². The number of ether oxygens (including phenoxy) is 1. The van der Waals surface area contributed by atoms with Crippen LogP contribution in [-0.2, 0) is 14.8 Å². The molecule has 0 bridgehead atoms. The van der Waals surface area contributed by atoms with Gasteiger partial charge in [-0.05, 0) is 30.9 Å². The highest BCUT2D eigenvalue weighted by Crippen LogP contribution is 2.29. The van der Waals surface area contributed by atoms with E-state index in [0.717, 1.165) is 25.3 Å².